The molecule has 1 aliphatic heterocycles. The summed E-state index contributed by atoms with van der Waals surface area (Å²) in [5, 5.41) is 5.91. The van der Waals surface area contributed by atoms with Crippen LogP contribution in [0, 0.1) is 0 Å². The molecule has 8 nitrogen and oxygen atoms in total. The first-order valence-corrected chi connectivity index (χ1v) is 11.1. The maximum absolute atomic E-state index is 12.7. The molecule has 3 aromatic rings. The molecule has 31 heavy (non-hydrogen) atoms. The van der Waals surface area contributed by atoms with E-state index in [4.69, 9.17) is 23.2 Å². The van der Waals surface area contributed by atoms with Crippen molar-refractivity contribution < 1.29 is 9.59 Å². The van der Waals surface area contributed by atoms with Crippen molar-refractivity contribution in [1.82, 2.24) is 19.9 Å². The first kappa shape index (κ1) is 21.5. The molecule has 0 atom stereocenters. The van der Waals surface area contributed by atoms with Crippen LogP contribution in [0.3, 0.4) is 0 Å². The predicted molar refractivity (Wildman–Crippen MR) is 121 cm³/mol. The molecule has 1 fully saturated rings. The fraction of sp³-hybridized carbons (Fsp3) is 0.250. The second-order valence-electron chi connectivity index (χ2n) is 6.81. The smallest absolute Gasteiger partial charge is 0.277 e. The van der Waals surface area contributed by atoms with Gasteiger partial charge in [0.1, 0.15) is 5.69 Å². The van der Waals surface area contributed by atoms with Crippen LogP contribution in [0.1, 0.15) is 16.2 Å². The minimum atomic E-state index is -0.392. The minimum Gasteiger partial charge on any atom is -0.367 e. The third kappa shape index (κ3) is 5.12. The van der Waals surface area contributed by atoms with Crippen LogP contribution in [0.2, 0.25) is 10.0 Å². The van der Waals surface area contributed by atoms with Gasteiger partial charge < -0.3 is 9.80 Å². The Bertz CT molecular complexity index is 1090. The summed E-state index contributed by atoms with van der Waals surface area (Å²) in [6, 6.07) is 5.55. The number of hydrogen-bond acceptors (Lipinski definition) is 7. The van der Waals surface area contributed by atoms with Crippen molar-refractivity contribution >= 4 is 57.2 Å². The third-order valence-electron chi connectivity index (χ3n) is 4.80. The zero-order valence-corrected chi connectivity index (χ0v) is 18.6. The Morgan fingerprint density at radius 3 is 2.68 bits per heavy atom. The number of piperazine rings is 1. The molecular weight excluding hydrogens is 459 g/mol. The highest BCUT2D eigenvalue weighted by atomic mass is 35.5. The molecule has 4 rings (SSSR count). The van der Waals surface area contributed by atoms with Crippen LogP contribution in [0.15, 0.2) is 42.2 Å². The molecule has 0 spiro atoms. The standard InChI is InChI=1S/C20H18Cl2N6O2S/c21-14-2-1-3-16(18(14)22)27-6-8-28(9-7-27)17(29)10-13-12-31-20(25-13)26-19(30)15-11-23-4-5-24-15/h1-5,11-12H,6-10H2,(H,25,26,30). The van der Waals surface area contributed by atoms with Crippen LogP contribution >= 0.6 is 34.5 Å². The lowest BCUT2D eigenvalue weighted by Gasteiger charge is -2.36. The van der Waals surface area contributed by atoms with Crippen molar-refractivity contribution in [2.75, 3.05) is 36.4 Å². The molecule has 2 amide bonds. The summed E-state index contributed by atoms with van der Waals surface area (Å²) < 4.78 is 0. The Morgan fingerprint density at radius 1 is 1.13 bits per heavy atom. The number of halogens is 2. The van der Waals surface area contributed by atoms with E-state index in [1.165, 1.54) is 29.9 Å². The molecular formula is C20H18Cl2N6O2S. The second-order valence-corrected chi connectivity index (χ2v) is 8.45. The highest BCUT2D eigenvalue weighted by Crippen LogP contribution is 2.32. The van der Waals surface area contributed by atoms with Gasteiger partial charge in [0.15, 0.2) is 5.13 Å². The number of hydrogen-bond donors (Lipinski definition) is 1. The van der Waals surface area contributed by atoms with Crippen LogP contribution in [0.5, 0.6) is 0 Å². The van der Waals surface area contributed by atoms with Crippen LogP contribution in [0.25, 0.3) is 0 Å². The van der Waals surface area contributed by atoms with Crippen molar-refractivity contribution in [3.05, 3.63) is 63.6 Å². The summed E-state index contributed by atoms with van der Waals surface area (Å²) in [4.78, 5) is 40.9. The normalized spacial score (nSPS) is 13.9. The van der Waals surface area contributed by atoms with Crippen molar-refractivity contribution in [2.45, 2.75) is 6.42 Å². The number of amides is 2. The SMILES string of the molecule is O=C(Nc1nc(CC(=O)N2CCN(c3cccc(Cl)c3Cl)CC2)cs1)c1cnccn1. The molecule has 11 heteroatoms. The third-order valence-corrected chi connectivity index (χ3v) is 6.42. The molecule has 1 N–H and O–H groups in total. The van der Waals surface area contributed by atoms with Crippen molar-refractivity contribution in [1.29, 1.82) is 0 Å². The molecule has 3 heterocycles. The Hall–Kier alpha value is -2.75. The first-order valence-electron chi connectivity index (χ1n) is 9.50. The molecule has 160 valence electrons. The molecule has 0 aliphatic carbocycles. The number of anilines is 2. The van der Waals surface area contributed by atoms with Crippen LogP contribution in [-0.4, -0.2) is 57.8 Å². The van der Waals surface area contributed by atoms with Gasteiger partial charge in [-0.25, -0.2) is 9.97 Å². The Morgan fingerprint density at radius 2 is 1.94 bits per heavy atom. The minimum absolute atomic E-state index is 0.00561. The summed E-state index contributed by atoms with van der Waals surface area (Å²) in [5.41, 5.74) is 1.70. The molecule has 2 aromatic heterocycles. The molecule has 0 radical (unpaired) electrons. The van der Waals surface area contributed by atoms with Crippen LogP contribution in [-0.2, 0) is 11.2 Å². The van der Waals surface area contributed by atoms with Gasteiger partial charge >= 0.3 is 0 Å². The van der Waals surface area contributed by atoms with Gasteiger partial charge in [0.25, 0.3) is 5.91 Å². The van der Waals surface area contributed by atoms with Gasteiger partial charge in [-0.3, -0.25) is 19.9 Å². The number of nitrogens with zero attached hydrogens (tertiary/aromatic N) is 5. The number of aromatic nitrogens is 3. The predicted octanol–water partition coefficient (Wildman–Crippen LogP) is 3.38. The Labute approximate surface area is 192 Å². The molecule has 0 unspecified atom stereocenters. The number of carbonyl (C=O) groups excluding carboxylic acids is 2. The van der Waals surface area contributed by atoms with Gasteiger partial charge in [0.05, 0.1) is 34.0 Å². The van der Waals surface area contributed by atoms with Gasteiger partial charge in [-0.05, 0) is 12.1 Å². The van der Waals surface area contributed by atoms with Crippen molar-refractivity contribution in [3.8, 4) is 0 Å². The topological polar surface area (TPSA) is 91.3 Å². The van der Waals surface area contributed by atoms with E-state index >= 15 is 0 Å². The van der Waals surface area contributed by atoms with E-state index < -0.39 is 5.91 Å². The second kappa shape index (κ2) is 9.59. The number of rotatable bonds is 5. The summed E-state index contributed by atoms with van der Waals surface area (Å²) in [7, 11) is 0. The number of nitrogens with one attached hydrogen (secondary N) is 1. The summed E-state index contributed by atoms with van der Waals surface area (Å²) in [6.45, 7) is 2.51. The summed E-state index contributed by atoms with van der Waals surface area (Å²) in [5.74, 6) is -0.398. The number of thiazole rings is 1. The lowest BCUT2D eigenvalue weighted by atomic mass is 10.2. The average molecular weight is 477 g/mol. The average Bonchev–Trinajstić information content (AvgIpc) is 3.23. The van der Waals surface area contributed by atoms with Gasteiger partial charge in [-0.2, -0.15) is 0 Å². The molecule has 1 aromatic carbocycles. The van der Waals surface area contributed by atoms with Gasteiger partial charge in [0.2, 0.25) is 5.91 Å². The van der Waals surface area contributed by atoms with E-state index in [-0.39, 0.29) is 18.0 Å². The zero-order chi connectivity index (χ0) is 21.8. The number of carbonyl (C=O) groups is 2. The maximum atomic E-state index is 12.7. The largest absolute Gasteiger partial charge is 0.367 e. The van der Waals surface area contributed by atoms with E-state index in [1.807, 2.05) is 17.0 Å². The summed E-state index contributed by atoms with van der Waals surface area (Å²) in [6.07, 6.45) is 4.49. The Balaban J connectivity index is 1.30. The molecule has 0 saturated carbocycles. The molecule has 0 bridgehead atoms. The quantitative estimate of drug-likeness (QED) is 0.606. The van der Waals surface area contributed by atoms with E-state index in [1.54, 1.807) is 11.4 Å². The van der Waals surface area contributed by atoms with E-state index in [2.05, 4.69) is 25.2 Å². The van der Waals surface area contributed by atoms with Crippen molar-refractivity contribution in [2.24, 2.45) is 0 Å². The monoisotopic (exact) mass is 476 g/mol. The highest BCUT2D eigenvalue weighted by Gasteiger charge is 2.23. The van der Waals surface area contributed by atoms with Gasteiger partial charge in [-0.15, -0.1) is 11.3 Å². The molecule has 1 saturated heterocycles. The number of benzene rings is 1. The van der Waals surface area contributed by atoms with Gasteiger partial charge in [0, 0.05) is 44.0 Å². The fourth-order valence-corrected chi connectivity index (χ4v) is 4.34. The molecule has 1 aliphatic rings. The zero-order valence-electron chi connectivity index (χ0n) is 16.3. The fourth-order valence-electron chi connectivity index (χ4n) is 3.22. The summed E-state index contributed by atoms with van der Waals surface area (Å²) >= 11 is 13.7. The lowest BCUT2D eigenvalue weighted by Crippen LogP contribution is -2.49. The van der Waals surface area contributed by atoms with Crippen LogP contribution < -0.4 is 10.2 Å². The van der Waals surface area contributed by atoms with E-state index in [0.717, 1.165) is 5.69 Å². The van der Waals surface area contributed by atoms with Crippen LogP contribution in [0.4, 0.5) is 10.8 Å². The van der Waals surface area contributed by atoms with E-state index in [9.17, 15) is 9.59 Å². The van der Waals surface area contributed by atoms with Crippen molar-refractivity contribution in [3.63, 3.8) is 0 Å². The lowest BCUT2D eigenvalue weighted by molar-refractivity contribution is -0.130. The maximum Gasteiger partial charge on any atom is 0.277 e. The first-order chi connectivity index (χ1) is 15.0. The highest BCUT2D eigenvalue weighted by molar-refractivity contribution is 7.14. The Kier molecular flexibility index (Phi) is 6.64. The van der Waals surface area contributed by atoms with E-state index in [0.29, 0.717) is 47.0 Å². The van der Waals surface area contributed by atoms with Gasteiger partial charge in [-0.1, -0.05) is 29.3 Å².